The van der Waals surface area contributed by atoms with Gasteiger partial charge in [0.05, 0.1) is 18.4 Å². The molecule has 0 aliphatic heterocycles. The van der Waals surface area contributed by atoms with Crippen molar-refractivity contribution in [3.63, 3.8) is 0 Å². The first-order valence-electron chi connectivity index (χ1n) is 8.74. The predicted molar refractivity (Wildman–Crippen MR) is 107 cm³/mol. The maximum atomic E-state index is 13.4. The number of hydrogen-bond donors (Lipinski definition) is 1. The standard InChI is InChI=1S/C21H21NO5S/c1-27-18-9-4-6-16(14-18)15-22(13-12-21(23)24)28(25,26)20-11-5-8-17-7-2-3-10-19(17)20/h2-11,14H,12-13,15H2,1H3,(H,23,24). The first-order valence-corrected chi connectivity index (χ1v) is 10.2. The summed E-state index contributed by atoms with van der Waals surface area (Å²) in [6.07, 6.45) is -0.284. The summed E-state index contributed by atoms with van der Waals surface area (Å²) in [4.78, 5) is 11.3. The third kappa shape index (κ3) is 4.32. The summed E-state index contributed by atoms with van der Waals surface area (Å²) in [7, 11) is -2.38. The molecule has 0 aliphatic rings. The molecule has 3 aromatic rings. The molecular formula is C21H21NO5S. The number of hydrogen-bond acceptors (Lipinski definition) is 4. The summed E-state index contributed by atoms with van der Waals surface area (Å²) in [5.41, 5.74) is 0.716. The van der Waals surface area contributed by atoms with Crippen LogP contribution in [0.1, 0.15) is 12.0 Å². The molecule has 0 fully saturated rings. The van der Waals surface area contributed by atoms with Gasteiger partial charge < -0.3 is 9.84 Å². The maximum absolute atomic E-state index is 13.4. The summed E-state index contributed by atoms with van der Waals surface area (Å²) >= 11 is 0. The number of carbonyl (C=O) groups is 1. The molecule has 28 heavy (non-hydrogen) atoms. The highest BCUT2D eigenvalue weighted by molar-refractivity contribution is 7.89. The number of aliphatic carboxylic acids is 1. The Morgan fingerprint density at radius 3 is 2.50 bits per heavy atom. The highest BCUT2D eigenvalue weighted by Crippen LogP contribution is 2.27. The lowest BCUT2D eigenvalue weighted by Gasteiger charge is -2.23. The van der Waals surface area contributed by atoms with Crippen molar-refractivity contribution in [2.45, 2.75) is 17.9 Å². The largest absolute Gasteiger partial charge is 0.497 e. The van der Waals surface area contributed by atoms with Gasteiger partial charge >= 0.3 is 5.97 Å². The monoisotopic (exact) mass is 399 g/mol. The number of ether oxygens (including phenoxy) is 1. The summed E-state index contributed by atoms with van der Waals surface area (Å²) < 4.78 is 33.2. The fraction of sp³-hybridized carbons (Fsp3) is 0.190. The van der Waals surface area contributed by atoms with Crippen LogP contribution in [0.4, 0.5) is 0 Å². The van der Waals surface area contributed by atoms with E-state index in [2.05, 4.69) is 0 Å². The summed E-state index contributed by atoms with van der Waals surface area (Å²) in [5.74, 6) is -0.443. The zero-order chi connectivity index (χ0) is 20.1. The van der Waals surface area contributed by atoms with E-state index in [1.807, 2.05) is 18.2 Å². The zero-order valence-corrected chi connectivity index (χ0v) is 16.2. The van der Waals surface area contributed by atoms with Gasteiger partial charge in [-0.2, -0.15) is 4.31 Å². The molecule has 0 unspecified atom stereocenters. The first kappa shape index (κ1) is 19.9. The molecular weight excluding hydrogens is 378 g/mol. The van der Waals surface area contributed by atoms with Crippen molar-refractivity contribution < 1.29 is 23.1 Å². The Kier molecular flexibility index (Phi) is 5.96. The molecule has 0 aromatic heterocycles. The molecule has 0 heterocycles. The van der Waals surface area contributed by atoms with Crippen molar-refractivity contribution in [2.75, 3.05) is 13.7 Å². The molecule has 146 valence electrons. The highest BCUT2D eigenvalue weighted by atomic mass is 32.2. The lowest BCUT2D eigenvalue weighted by Crippen LogP contribution is -2.32. The van der Waals surface area contributed by atoms with Gasteiger partial charge in [0.15, 0.2) is 0 Å². The van der Waals surface area contributed by atoms with E-state index in [0.717, 1.165) is 5.39 Å². The van der Waals surface area contributed by atoms with E-state index in [1.54, 1.807) is 48.5 Å². The molecule has 3 rings (SSSR count). The number of rotatable bonds is 8. The minimum absolute atomic E-state index is 0.0516. The smallest absolute Gasteiger partial charge is 0.304 e. The average Bonchev–Trinajstić information content (AvgIpc) is 2.70. The summed E-state index contributed by atoms with van der Waals surface area (Å²) in [6.45, 7) is -0.0753. The second-order valence-electron chi connectivity index (χ2n) is 6.31. The Morgan fingerprint density at radius 2 is 1.75 bits per heavy atom. The Bertz CT molecular complexity index is 1090. The molecule has 0 aliphatic carbocycles. The molecule has 0 bridgehead atoms. The minimum Gasteiger partial charge on any atom is -0.497 e. The quantitative estimate of drug-likeness (QED) is 0.627. The second-order valence-corrected chi connectivity index (χ2v) is 8.22. The van der Waals surface area contributed by atoms with E-state index >= 15 is 0 Å². The Balaban J connectivity index is 2.03. The van der Waals surface area contributed by atoms with Crippen molar-refractivity contribution in [2.24, 2.45) is 0 Å². The van der Waals surface area contributed by atoms with E-state index in [9.17, 15) is 13.2 Å². The SMILES string of the molecule is COc1cccc(CN(CCC(=O)O)S(=O)(=O)c2cccc3ccccc23)c1. The van der Waals surface area contributed by atoms with Crippen LogP contribution in [0.2, 0.25) is 0 Å². The van der Waals surface area contributed by atoms with Gasteiger partial charge in [0.25, 0.3) is 0 Å². The van der Waals surface area contributed by atoms with Gasteiger partial charge in [0, 0.05) is 18.5 Å². The van der Waals surface area contributed by atoms with Crippen LogP contribution in [0.3, 0.4) is 0 Å². The Hall–Kier alpha value is -2.90. The lowest BCUT2D eigenvalue weighted by atomic mass is 10.1. The number of nitrogens with zero attached hydrogens (tertiary/aromatic N) is 1. The van der Waals surface area contributed by atoms with Gasteiger partial charge in [0.1, 0.15) is 5.75 Å². The van der Waals surface area contributed by atoms with Gasteiger partial charge in [-0.05, 0) is 29.1 Å². The molecule has 1 N–H and O–H groups in total. The van der Waals surface area contributed by atoms with Gasteiger partial charge in [-0.15, -0.1) is 0 Å². The summed E-state index contributed by atoms with van der Waals surface area (Å²) in [5, 5.41) is 10.5. The molecule has 3 aromatic carbocycles. The molecule has 0 saturated heterocycles. The Labute approximate surface area is 164 Å². The minimum atomic E-state index is -3.91. The molecule has 0 spiro atoms. The normalized spacial score (nSPS) is 11.6. The number of methoxy groups -OCH3 is 1. The van der Waals surface area contributed by atoms with E-state index in [4.69, 9.17) is 9.84 Å². The molecule has 7 heteroatoms. The van der Waals surface area contributed by atoms with E-state index < -0.39 is 16.0 Å². The molecule has 0 amide bonds. The van der Waals surface area contributed by atoms with E-state index in [0.29, 0.717) is 16.7 Å². The van der Waals surface area contributed by atoms with Crippen LogP contribution in [-0.2, 0) is 21.4 Å². The van der Waals surface area contributed by atoms with E-state index in [-0.39, 0.29) is 24.4 Å². The zero-order valence-electron chi connectivity index (χ0n) is 15.4. The van der Waals surface area contributed by atoms with Crippen LogP contribution in [0.15, 0.2) is 71.6 Å². The molecule has 0 saturated carbocycles. The number of fused-ring (bicyclic) bond motifs is 1. The van der Waals surface area contributed by atoms with Crippen LogP contribution >= 0.6 is 0 Å². The van der Waals surface area contributed by atoms with Crippen LogP contribution in [0.25, 0.3) is 10.8 Å². The van der Waals surface area contributed by atoms with Crippen molar-refractivity contribution in [3.8, 4) is 5.75 Å². The van der Waals surface area contributed by atoms with Crippen LogP contribution in [-0.4, -0.2) is 37.5 Å². The highest BCUT2D eigenvalue weighted by Gasteiger charge is 2.27. The third-order valence-electron chi connectivity index (χ3n) is 4.44. The van der Waals surface area contributed by atoms with Gasteiger partial charge in [-0.1, -0.05) is 48.5 Å². The van der Waals surface area contributed by atoms with Crippen LogP contribution < -0.4 is 4.74 Å². The fourth-order valence-corrected chi connectivity index (χ4v) is 4.68. The van der Waals surface area contributed by atoms with Gasteiger partial charge in [-0.3, -0.25) is 4.79 Å². The summed E-state index contributed by atoms with van der Waals surface area (Å²) in [6, 6.07) is 19.4. The van der Waals surface area contributed by atoms with Crippen LogP contribution in [0, 0.1) is 0 Å². The molecule has 0 radical (unpaired) electrons. The number of carboxylic acids is 1. The van der Waals surface area contributed by atoms with Crippen molar-refractivity contribution in [3.05, 3.63) is 72.3 Å². The fourth-order valence-electron chi connectivity index (χ4n) is 3.04. The molecule has 6 nitrogen and oxygen atoms in total. The average molecular weight is 399 g/mol. The van der Waals surface area contributed by atoms with Gasteiger partial charge in [0.2, 0.25) is 10.0 Å². The predicted octanol–water partition coefficient (Wildman–Crippen LogP) is 3.51. The van der Waals surface area contributed by atoms with Crippen LogP contribution in [0.5, 0.6) is 5.75 Å². The number of carboxylic acid groups (broad SMARTS) is 1. The van der Waals surface area contributed by atoms with Gasteiger partial charge in [-0.25, -0.2) is 8.42 Å². The second kappa shape index (κ2) is 8.41. The van der Waals surface area contributed by atoms with E-state index in [1.165, 1.54) is 11.4 Å². The van der Waals surface area contributed by atoms with Crippen molar-refractivity contribution in [1.82, 2.24) is 4.31 Å². The third-order valence-corrected chi connectivity index (χ3v) is 6.34. The number of benzene rings is 3. The topological polar surface area (TPSA) is 83.9 Å². The first-order chi connectivity index (χ1) is 13.4. The van der Waals surface area contributed by atoms with Crippen molar-refractivity contribution in [1.29, 1.82) is 0 Å². The number of sulfonamides is 1. The maximum Gasteiger partial charge on any atom is 0.304 e. The Morgan fingerprint density at radius 1 is 1.04 bits per heavy atom. The van der Waals surface area contributed by atoms with Crippen molar-refractivity contribution >= 4 is 26.8 Å². The lowest BCUT2D eigenvalue weighted by molar-refractivity contribution is -0.137. The molecule has 0 atom stereocenters.